The molecule has 1 N–H and O–H groups in total. The largest absolute Gasteiger partial charge is 0.489 e. The second-order valence-corrected chi connectivity index (χ2v) is 7.30. The molecule has 8 heteroatoms. The van der Waals surface area contributed by atoms with Crippen molar-refractivity contribution in [1.82, 2.24) is 4.90 Å². The van der Waals surface area contributed by atoms with Crippen LogP contribution in [0.15, 0.2) is 66.7 Å². The molecule has 0 aliphatic heterocycles. The van der Waals surface area contributed by atoms with Gasteiger partial charge in [0, 0.05) is 12.1 Å². The van der Waals surface area contributed by atoms with E-state index in [4.69, 9.17) is 4.74 Å². The highest BCUT2D eigenvalue weighted by Gasteiger charge is 2.20. The summed E-state index contributed by atoms with van der Waals surface area (Å²) in [5, 5.41) is 2.18. The summed E-state index contributed by atoms with van der Waals surface area (Å²) < 4.78 is 46.0. The minimum atomic E-state index is -1.68. The molecule has 0 aliphatic carbocycles. The number of halogens is 3. The van der Waals surface area contributed by atoms with Gasteiger partial charge in [0.25, 0.3) is 5.91 Å². The van der Waals surface area contributed by atoms with Gasteiger partial charge in [0.1, 0.15) is 18.9 Å². The summed E-state index contributed by atoms with van der Waals surface area (Å²) in [6.07, 6.45) is 0.585. The fourth-order valence-corrected chi connectivity index (χ4v) is 3.12. The van der Waals surface area contributed by atoms with Crippen molar-refractivity contribution >= 4 is 17.5 Å². The van der Waals surface area contributed by atoms with Crippen LogP contribution >= 0.6 is 0 Å². The van der Waals surface area contributed by atoms with Crippen LogP contribution in [-0.2, 0) is 11.4 Å². The van der Waals surface area contributed by atoms with Gasteiger partial charge in [-0.05, 0) is 48.4 Å². The highest BCUT2D eigenvalue weighted by molar-refractivity contribution is 5.99. The minimum absolute atomic E-state index is 0.283. The summed E-state index contributed by atoms with van der Waals surface area (Å²) in [4.78, 5) is 26.6. The molecule has 0 aromatic heterocycles. The third kappa shape index (κ3) is 6.35. The Balaban J connectivity index is 1.63. The summed E-state index contributed by atoms with van der Waals surface area (Å²) >= 11 is 0. The van der Waals surface area contributed by atoms with Crippen LogP contribution < -0.4 is 10.1 Å². The van der Waals surface area contributed by atoms with Gasteiger partial charge in [-0.3, -0.25) is 9.59 Å². The molecule has 0 unspecified atom stereocenters. The third-order valence-electron chi connectivity index (χ3n) is 4.77. The van der Waals surface area contributed by atoms with Gasteiger partial charge in [0.05, 0.1) is 5.69 Å². The molecule has 5 nitrogen and oxygen atoms in total. The molecule has 0 fully saturated rings. The standard InChI is InChI=1S/C25H23F3N2O3/c1-2-14-30(15-22(31)29-21-13-12-20(26)23(27)24(21)28)25(32)18-10-8-17(9-11-18)16-33-19-6-4-3-5-7-19/h3-13H,2,14-16H2,1H3,(H,29,31). The van der Waals surface area contributed by atoms with Gasteiger partial charge < -0.3 is 15.0 Å². The van der Waals surface area contributed by atoms with Crippen LogP contribution in [0.25, 0.3) is 0 Å². The van der Waals surface area contributed by atoms with Crippen molar-refractivity contribution in [2.75, 3.05) is 18.4 Å². The van der Waals surface area contributed by atoms with Crippen LogP contribution in [0.1, 0.15) is 29.3 Å². The number of anilines is 1. The zero-order chi connectivity index (χ0) is 23.8. The number of para-hydroxylation sites is 1. The first-order valence-electron chi connectivity index (χ1n) is 10.4. The lowest BCUT2D eigenvalue weighted by Gasteiger charge is -2.22. The van der Waals surface area contributed by atoms with Crippen LogP contribution in [0.4, 0.5) is 18.9 Å². The third-order valence-corrected chi connectivity index (χ3v) is 4.77. The van der Waals surface area contributed by atoms with Crippen molar-refractivity contribution in [3.63, 3.8) is 0 Å². The summed E-state index contributed by atoms with van der Waals surface area (Å²) in [6, 6.07) is 17.8. The molecular formula is C25H23F3N2O3. The predicted octanol–water partition coefficient (Wildman–Crippen LogP) is 5.17. The molecule has 3 aromatic carbocycles. The highest BCUT2D eigenvalue weighted by Crippen LogP contribution is 2.20. The van der Waals surface area contributed by atoms with E-state index in [0.29, 0.717) is 24.7 Å². The van der Waals surface area contributed by atoms with Crippen molar-refractivity contribution in [2.45, 2.75) is 20.0 Å². The fourth-order valence-electron chi connectivity index (χ4n) is 3.12. The van der Waals surface area contributed by atoms with Crippen molar-refractivity contribution in [1.29, 1.82) is 0 Å². The monoisotopic (exact) mass is 456 g/mol. The van der Waals surface area contributed by atoms with Crippen LogP contribution in [0.3, 0.4) is 0 Å². The van der Waals surface area contributed by atoms with E-state index in [1.807, 2.05) is 37.3 Å². The molecule has 3 rings (SSSR count). The molecule has 0 saturated carbocycles. The fraction of sp³-hybridized carbons (Fsp3) is 0.200. The number of amides is 2. The summed E-state index contributed by atoms with van der Waals surface area (Å²) in [5.41, 5.74) is 0.744. The average Bonchev–Trinajstić information content (AvgIpc) is 2.83. The summed E-state index contributed by atoms with van der Waals surface area (Å²) in [5.74, 6) is -4.90. The smallest absolute Gasteiger partial charge is 0.254 e. The molecule has 0 saturated heterocycles. The number of benzene rings is 3. The Morgan fingerprint density at radius 3 is 2.27 bits per heavy atom. The lowest BCUT2D eigenvalue weighted by molar-refractivity contribution is -0.116. The summed E-state index contributed by atoms with van der Waals surface area (Å²) in [7, 11) is 0. The van der Waals surface area contributed by atoms with E-state index in [1.54, 1.807) is 24.3 Å². The maximum atomic E-state index is 13.8. The zero-order valence-corrected chi connectivity index (χ0v) is 18.0. The molecular weight excluding hydrogens is 433 g/mol. The first kappa shape index (κ1) is 23.8. The Morgan fingerprint density at radius 1 is 0.909 bits per heavy atom. The minimum Gasteiger partial charge on any atom is -0.489 e. The van der Waals surface area contributed by atoms with Crippen molar-refractivity contribution < 1.29 is 27.5 Å². The summed E-state index contributed by atoms with van der Waals surface area (Å²) in [6.45, 7) is 2.09. The van der Waals surface area contributed by atoms with Crippen molar-refractivity contribution in [3.8, 4) is 5.75 Å². The molecule has 0 spiro atoms. The Hall–Kier alpha value is -3.81. The molecule has 0 bridgehead atoms. The molecule has 3 aromatic rings. The number of hydrogen-bond acceptors (Lipinski definition) is 3. The molecule has 33 heavy (non-hydrogen) atoms. The maximum absolute atomic E-state index is 13.8. The number of carbonyl (C=O) groups is 2. The van der Waals surface area contributed by atoms with E-state index in [2.05, 4.69) is 5.32 Å². The van der Waals surface area contributed by atoms with Crippen LogP contribution in [0.2, 0.25) is 0 Å². The van der Waals surface area contributed by atoms with Crippen LogP contribution in [-0.4, -0.2) is 29.8 Å². The van der Waals surface area contributed by atoms with Gasteiger partial charge in [-0.2, -0.15) is 0 Å². The lowest BCUT2D eigenvalue weighted by Crippen LogP contribution is -2.38. The van der Waals surface area contributed by atoms with Gasteiger partial charge in [-0.1, -0.05) is 37.3 Å². The van der Waals surface area contributed by atoms with E-state index < -0.39 is 29.0 Å². The molecule has 2 amide bonds. The number of nitrogens with one attached hydrogen (secondary N) is 1. The first-order chi connectivity index (χ1) is 15.9. The van der Waals surface area contributed by atoms with Crippen molar-refractivity contribution in [3.05, 3.63) is 95.3 Å². The average molecular weight is 456 g/mol. The van der Waals surface area contributed by atoms with Gasteiger partial charge in [-0.15, -0.1) is 0 Å². The maximum Gasteiger partial charge on any atom is 0.254 e. The molecule has 172 valence electrons. The normalized spacial score (nSPS) is 10.5. The SMILES string of the molecule is CCCN(CC(=O)Nc1ccc(F)c(F)c1F)C(=O)c1ccc(COc2ccccc2)cc1. The number of hydrogen-bond donors (Lipinski definition) is 1. The highest BCUT2D eigenvalue weighted by atomic mass is 19.2. The molecule has 0 atom stereocenters. The first-order valence-corrected chi connectivity index (χ1v) is 10.4. The van der Waals surface area contributed by atoms with Gasteiger partial charge in [-0.25, -0.2) is 13.2 Å². The van der Waals surface area contributed by atoms with E-state index in [1.165, 1.54) is 4.90 Å². The molecule has 0 aliphatic rings. The molecule has 0 heterocycles. The lowest BCUT2D eigenvalue weighted by atomic mass is 10.1. The zero-order valence-electron chi connectivity index (χ0n) is 18.0. The van der Waals surface area contributed by atoms with E-state index in [9.17, 15) is 22.8 Å². The Labute approximate surface area is 189 Å². The topological polar surface area (TPSA) is 58.6 Å². The second-order valence-electron chi connectivity index (χ2n) is 7.30. The Kier molecular flexibility index (Phi) is 8.07. The van der Waals surface area contributed by atoms with Crippen LogP contribution in [0.5, 0.6) is 5.75 Å². The number of ether oxygens (including phenoxy) is 1. The number of nitrogens with zero attached hydrogens (tertiary/aromatic N) is 1. The van der Waals surface area contributed by atoms with Gasteiger partial charge >= 0.3 is 0 Å². The number of rotatable bonds is 9. The molecule has 0 radical (unpaired) electrons. The Morgan fingerprint density at radius 2 is 1.61 bits per heavy atom. The van der Waals surface area contributed by atoms with Crippen LogP contribution in [0, 0.1) is 17.5 Å². The second kappa shape index (κ2) is 11.2. The number of carbonyl (C=O) groups excluding carboxylic acids is 2. The van der Waals surface area contributed by atoms with E-state index >= 15 is 0 Å². The van der Waals surface area contributed by atoms with E-state index in [-0.39, 0.29) is 19.0 Å². The van der Waals surface area contributed by atoms with Gasteiger partial charge in [0.2, 0.25) is 5.91 Å². The quantitative estimate of drug-likeness (QED) is 0.452. The van der Waals surface area contributed by atoms with Gasteiger partial charge in [0.15, 0.2) is 17.5 Å². The predicted molar refractivity (Wildman–Crippen MR) is 118 cm³/mol. The Bertz CT molecular complexity index is 1110. The van der Waals surface area contributed by atoms with Crippen molar-refractivity contribution in [2.24, 2.45) is 0 Å². The van der Waals surface area contributed by atoms with E-state index in [0.717, 1.165) is 17.4 Å².